The molecule has 1 heterocycles. The van der Waals surface area contributed by atoms with Crippen molar-refractivity contribution in [3.63, 3.8) is 0 Å². The topological polar surface area (TPSA) is 59.0 Å². The first-order chi connectivity index (χ1) is 10.7. The van der Waals surface area contributed by atoms with E-state index in [1.165, 1.54) is 0 Å². The Morgan fingerprint density at radius 1 is 1.43 bits per heavy atom. The molecule has 0 spiro atoms. The smallest absolute Gasteiger partial charge is 0.307 e. The number of esters is 1. The highest BCUT2D eigenvalue weighted by molar-refractivity contribution is 5.70. The molecule has 23 heavy (non-hydrogen) atoms. The fraction of sp³-hybridized carbons (Fsp3) is 0.611. The number of benzene rings is 1. The van der Waals surface area contributed by atoms with Gasteiger partial charge in [-0.2, -0.15) is 0 Å². The third-order valence-corrected chi connectivity index (χ3v) is 3.80. The molecule has 1 aromatic rings. The maximum Gasteiger partial charge on any atom is 0.307 e. The van der Waals surface area contributed by atoms with E-state index in [9.17, 15) is 9.90 Å². The minimum Gasteiger partial charge on any atom is -0.508 e. The summed E-state index contributed by atoms with van der Waals surface area (Å²) in [5, 5.41) is 9.63. The maximum atomic E-state index is 11.8. The van der Waals surface area contributed by atoms with Gasteiger partial charge < -0.3 is 14.6 Å². The summed E-state index contributed by atoms with van der Waals surface area (Å²) in [6, 6.07) is 5.55. The number of rotatable bonds is 4. The van der Waals surface area contributed by atoms with Crippen molar-refractivity contribution in [2.75, 3.05) is 26.2 Å². The van der Waals surface area contributed by atoms with Crippen molar-refractivity contribution in [2.45, 2.75) is 45.8 Å². The highest BCUT2D eigenvalue weighted by atomic mass is 16.6. The number of aryl methyl sites for hydroxylation is 1. The van der Waals surface area contributed by atoms with Gasteiger partial charge in [0.25, 0.3) is 0 Å². The largest absolute Gasteiger partial charge is 0.508 e. The van der Waals surface area contributed by atoms with E-state index in [4.69, 9.17) is 9.47 Å². The fourth-order valence-corrected chi connectivity index (χ4v) is 2.63. The lowest BCUT2D eigenvalue weighted by atomic mass is 10.0. The van der Waals surface area contributed by atoms with Crippen LogP contribution in [-0.2, 0) is 14.3 Å². The third kappa shape index (κ3) is 5.52. The average Bonchev–Trinajstić information content (AvgIpc) is 2.46. The summed E-state index contributed by atoms with van der Waals surface area (Å²) in [6.45, 7) is 10.4. The molecule has 1 aromatic carbocycles. The molecule has 128 valence electrons. The maximum absolute atomic E-state index is 11.8. The van der Waals surface area contributed by atoms with Gasteiger partial charge >= 0.3 is 5.97 Å². The van der Waals surface area contributed by atoms with Gasteiger partial charge in [0, 0.05) is 19.6 Å². The van der Waals surface area contributed by atoms with Gasteiger partial charge in [-0.25, -0.2) is 0 Å². The van der Waals surface area contributed by atoms with Crippen molar-refractivity contribution in [2.24, 2.45) is 0 Å². The Balaban J connectivity index is 1.88. The molecule has 0 bridgehead atoms. The predicted molar refractivity (Wildman–Crippen MR) is 88.4 cm³/mol. The molecule has 1 N–H and O–H groups in total. The first kappa shape index (κ1) is 17.8. The van der Waals surface area contributed by atoms with Gasteiger partial charge in [0.15, 0.2) is 0 Å². The van der Waals surface area contributed by atoms with Gasteiger partial charge in [0.1, 0.15) is 11.4 Å². The molecule has 5 heteroatoms. The normalized spacial score (nSPS) is 19.6. The number of carbonyl (C=O) groups excluding carboxylic acids is 1. The number of phenols is 1. The van der Waals surface area contributed by atoms with Crippen LogP contribution in [0.4, 0.5) is 0 Å². The summed E-state index contributed by atoms with van der Waals surface area (Å²) in [6.07, 6.45) is 0.361. The van der Waals surface area contributed by atoms with E-state index in [2.05, 4.69) is 4.90 Å². The predicted octanol–water partition coefficient (Wildman–Crippen LogP) is 2.81. The van der Waals surface area contributed by atoms with Gasteiger partial charge in [-0.05, 0) is 51.0 Å². The quantitative estimate of drug-likeness (QED) is 0.864. The van der Waals surface area contributed by atoms with E-state index in [-0.39, 0.29) is 12.1 Å². The summed E-state index contributed by atoms with van der Waals surface area (Å²) < 4.78 is 11.2. The van der Waals surface area contributed by atoms with Crippen LogP contribution in [0.15, 0.2) is 18.2 Å². The number of carbonyl (C=O) groups is 1. The highest BCUT2D eigenvalue weighted by Gasteiger charge is 2.24. The molecular formula is C18H27NO4. The van der Waals surface area contributed by atoms with Crippen molar-refractivity contribution in [1.29, 1.82) is 0 Å². The van der Waals surface area contributed by atoms with Crippen LogP contribution in [0.2, 0.25) is 0 Å². The number of aromatic hydroxyl groups is 1. The van der Waals surface area contributed by atoms with E-state index in [0.717, 1.165) is 24.2 Å². The molecule has 1 aliphatic rings. The molecule has 5 nitrogen and oxygen atoms in total. The van der Waals surface area contributed by atoms with Gasteiger partial charge in [-0.15, -0.1) is 0 Å². The zero-order chi connectivity index (χ0) is 17.0. The number of ether oxygens (including phenoxy) is 2. The number of hydrogen-bond donors (Lipinski definition) is 1. The molecule has 0 aromatic heterocycles. The van der Waals surface area contributed by atoms with E-state index in [1.807, 2.05) is 39.8 Å². The first-order valence-corrected chi connectivity index (χ1v) is 8.10. The van der Waals surface area contributed by atoms with Crippen LogP contribution >= 0.6 is 0 Å². The minimum atomic E-state index is -0.436. The highest BCUT2D eigenvalue weighted by Crippen LogP contribution is 2.26. The molecule has 2 rings (SSSR count). The number of phenolic OH excluding ortho intramolecular Hbond substituents is 1. The minimum absolute atomic E-state index is 0.0262. The summed E-state index contributed by atoms with van der Waals surface area (Å²) in [5.41, 5.74) is 1.47. The Hall–Kier alpha value is -1.59. The summed E-state index contributed by atoms with van der Waals surface area (Å²) >= 11 is 0. The zero-order valence-electron chi connectivity index (χ0n) is 14.5. The Morgan fingerprint density at radius 3 is 2.83 bits per heavy atom. The van der Waals surface area contributed by atoms with Crippen LogP contribution in [0.1, 0.15) is 44.4 Å². The lowest BCUT2D eigenvalue weighted by Gasteiger charge is -2.33. The van der Waals surface area contributed by atoms with E-state index in [1.54, 1.807) is 6.07 Å². The molecule has 1 unspecified atom stereocenters. The van der Waals surface area contributed by atoms with Gasteiger partial charge in [0.05, 0.1) is 19.1 Å². The molecule has 0 aliphatic carbocycles. The summed E-state index contributed by atoms with van der Waals surface area (Å²) in [4.78, 5) is 14.0. The van der Waals surface area contributed by atoms with Crippen molar-refractivity contribution in [3.05, 3.63) is 29.3 Å². The van der Waals surface area contributed by atoms with Crippen molar-refractivity contribution in [3.8, 4) is 5.75 Å². The molecular weight excluding hydrogens is 294 g/mol. The second-order valence-electron chi connectivity index (χ2n) is 7.04. The first-order valence-electron chi connectivity index (χ1n) is 8.10. The Labute approximate surface area is 138 Å². The van der Waals surface area contributed by atoms with Crippen LogP contribution in [0, 0.1) is 6.92 Å². The van der Waals surface area contributed by atoms with E-state index < -0.39 is 5.60 Å². The van der Waals surface area contributed by atoms with Crippen LogP contribution in [0.25, 0.3) is 0 Å². The summed E-state index contributed by atoms with van der Waals surface area (Å²) in [7, 11) is 0. The summed E-state index contributed by atoms with van der Waals surface area (Å²) in [5.74, 6) is 0.132. The lowest BCUT2D eigenvalue weighted by Crippen LogP contribution is -2.40. The molecule has 0 amide bonds. The van der Waals surface area contributed by atoms with Gasteiger partial charge in [-0.3, -0.25) is 9.69 Å². The molecule has 1 fully saturated rings. The number of morpholine rings is 1. The molecule has 0 radical (unpaired) electrons. The zero-order valence-corrected chi connectivity index (χ0v) is 14.5. The van der Waals surface area contributed by atoms with Crippen LogP contribution in [0.5, 0.6) is 5.75 Å². The fourth-order valence-electron chi connectivity index (χ4n) is 2.63. The van der Waals surface area contributed by atoms with E-state index in [0.29, 0.717) is 25.3 Å². The number of nitrogens with zero attached hydrogens (tertiary/aromatic N) is 1. The van der Waals surface area contributed by atoms with Crippen molar-refractivity contribution >= 4 is 5.97 Å². The van der Waals surface area contributed by atoms with Crippen LogP contribution in [0.3, 0.4) is 0 Å². The lowest BCUT2D eigenvalue weighted by molar-refractivity contribution is -0.155. The van der Waals surface area contributed by atoms with Crippen LogP contribution < -0.4 is 0 Å². The molecule has 0 saturated carbocycles. The molecule has 1 saturated heterocycles. The monoisotopic (exact) mass is 321 g/mol. The Kier molecular flexibility index (Phi) is 5.65. The third-order valence-electron chi connectivity index (χ3n) is 3.80. The van der Waals surface area contributed by atoms with E-state index >= 15 is 0 Å². The van der Waals surface area contributed by atoms with Crippen molar-refractivity contribution in [1.82, 2.24) is 4.90 Å². The SMILES string of the molecule is Cc1cc(C2CN(CCC(=O)OC(C)(C)C)CCO2)ccc1O. The van der Waals surface area contributed by atoms with Crippen molar-refractivity contribution < 1.29 is 19.4 Å². The standard InChI is InChI=1S/C18H27NO4/c1-13-11-14(5-6-15(13)20)16-12-19(9-10-22-16)8-7-17(21)23-18(2,3)4/h5-6,11,16,20H,7-10,12H2,1-4H3. The number of hydrogen-bond acceptors (Lipinski definition) is 5. The van der Waals surface area contributed by atoms with Crippen LogP contribution in [-0.4, -0.2) is 47.8 Å². The average molecular weight is 321 g/mol. The molecule has 1 atom stereocenters. The molecule has 1 aliphatic heterocycles. The van der Waals surface area contributed by atoms with Gasteiger partial charge in [-0.1, -0.05) is 6.07 Å². The van der Waals surface area contributed by atoms with Gasteiger partial charge in [0.2, 0.25) is 0 Å². The second-order valence-corrected chi connectivity index (χ2v) is 7.04. The Morgan fingerprint density at radius 2 is 2.17 bits per heavy atom. The second kappa shape index (κ2) is 7.32. The Bertz CT molecular complexity index is 550.